The highest BCUT2D eigenvalue weighted by atomic mass is 32.1. The van der Waals surface area contributed by atoms with Gasteiger partial charge in [-0.25, -0.2) is 18.7 Å². The summed E-state index contributed by atoms with van der Waals surface area (Å²) in [6.45, 7) is 0.526. The Balaban J connectivity index is 1.42. The number of hydrogen-bond donors (Lipinski definition) is 0. The molecule has 0 fully saturated rings. The van der Waals surface area contributed by atoms with Crippen molar-refractivity contribution in [1.29, 1.82) is 0 Å². The third-order valence-corrected chi connectivity index (χ3v) is 5.73. The first-order valence-electron chi connectivity index (χ1n) is 9.01. The molecule has 0 amide bonds. The van der Waals surface area contributed by atoms with Crippen LogP contribution in [0.25, 0.3) is 22.8 Å². The number of nitrogens with zero attached hydrogens (tertiary/aromatic N) is 4. The van der Waals surface area contributed by atoms with E-state index in [4.69, 9.17) is 4.84 Å². The summed E-state index contributed by atoms with van der Waals surface area (Å²) in [4.78, 5) is 15.8. The molecule has 5 nitrogen and oxygen atoms in total. The average molecular weight is 410 g/mol. The fraction of sp³-hybridized carbons (Fsp3) is 0.143. The van der Waals surface area contributed by atoms with Crippen LogP contribution in [0.5, 0.6) is 0 Å². The monoisotopic (exact) mass is 410 g/mol. The van der Waals surface area contributed by atoms with E-state index >= 15 is 0 Å². The van der Waals surface area contributed by atoms with Crippen LogP contribution in [-0.2, 0) is 11.4 Å². The molecule has 0 saturated heterocycles. The molecular weight excluding hydrogens is 394 g/mol. The standard InChI is InChI=1S/C21H16F2N4OS/c1-26-18(19-6-3-9-29-19)10-13(28-26)11-27-8-7-16-17(12-27)25-21(24-16)14-4-2-5-15(22)20(14)23/h2-10,12,18H,11H2,1H3. The number of fused-ring (bicyclic) bond motifs is 1. The SMILES string of the molecule is CN1OC(Cn2ccc3nc(-c4cccc(F)c4F)nc-3c2)=CC1c1cccs1. The fourth-order valence-corrected chi connectivity index (χ4v) is 4.21. The number of allylic oxidation sites excluding steroid dienone is 1. The number of hydroxylamine groups is 2. The number of benzene rings is 1. The van der Waals surface area contributed by atoms with Gasteiger partial charge in [-0.1, -0.05) is 12.1 Å². The number of hydrogen-bond acceptors (Lipinski definition) is 5. The Kier molecular flexibility index (Phi) is 4.37. The minimum atomic E-state index is -0.942. The fourth-order valence-electron chi connectivity index (χ4n) is 3.38. The molecule has 0 N–H and O–H groups in total. The second-order valence-electron chi connectivity index (χ2n) is 6.77. The molecule has 1 aromatic carbocycles. The van der Waals surface area contributed by atoms with Crippen molar-refractivity contribution in [3.63, 3.8) is 0 Å². The van der Waals surface area contributed by atoms with E-state index in [0.29, 0.717) is 17.9 Å². The Morgan fingerprint density at radius 1 is 1.10 bits per heavy atom. The van der Waals surface area contributed by atoms with E-state index in [1.54, 1.807) is 17.4 Å². The highest BCUT2D eigenvalue weighted by molar-refractivity contribution is 7.10. The zero-order valence-electron chi connectivity index (χ0n) is 15.4. The minimum absolute atomic E-state index is 0.0509. The zero-order valence-corrected chi connectivity index (χ0v) is 16.2. The lowest BCUT2D eigenvalue weighted by Crippen LogP contribution is -2.16. The summed E-state index contributed by atoms with van der Waals surface area (Å²) in [6, 6.07) is 9.99. The number of rotatable bonds is 4. The Morgan fingerprint density at radius 2 is 1.97 bits per heavy atom. The van der Waals surface area contributed by atoms with E-state index in [0.717, 1.165) is 11.8 Å². The number of halogens is 2. The van der Waals surface area contributed by atoms with Crippen LogP contribution in [0.3, 0.4) is 0 Å². The van der Waals surface area contributed by atoms with E-state index in [1.165, 1.54) is 17.0 Å². The van der Waals surface area contributed by atoms with Crippen LogP contribution in [0.15, 0.2) is 66.0 Å². The number of likely N-dealkylation sites (N-methyl/N-ethyl adjacent to an activating group) is 1. The highest BCUT2D eigenvalue weighted by Crippen LogP contribution is 2.33. The molecule has 0 radical (unpaired) electrons. The first-order chi connectivity index (χ1) is 14.1. The summed E-state index contributed by atoms with van der Waals surface area (Å²) in [5.74, 6) is -0.862. The number of thiophene rings is 1. The van der Waals surface area contributed by atoms with Gasteiger partial charge in [0.15, 0.2) is 17.5 Å². The molecule has 0 saturated carbocycles. The van der Waals surface area contributed by atoms with Crippen molar-refractivity contribution < 1.29 is 13.6 Å². The summed E-state index contributed by atoms with van der Waals surface area (Å²) in [7, 11) is 1.91. The van der Waals surface area contributed by atoms with Gasteiger partial charge in [0, 0.05) is 24.3 Å². The van der Waals surface area contributed by atoms with Crippen molar-refractivity contribution in [2.45, 2.75) is 12.6 Å². The lowest BCUT2D eigenvalue weighted by Gasteiger charge is -2.17. The van der Waals surface area contributed by atoms with Crippen LogP contribution < -0.4 is 0 Å². The zero-order chi connectivity index (χ0) is 20.0. The normalized spacial score (nSPS) is 16.9. The molecule has 2 aromatic rings. The minimum Gasteiger partial charge on any atom is -0.408 e. The quantitative estimate of drug-likeness (QED) is 0.480. The molecule has 3 aliphatic heterocycles. The third-order valence-electron chi connectivity index (χ3n) is 4.79. The van der Waals surface area contributed by atoms with Crippen molar-refractivity contribution in [2.75, 3.05) is 7.05 Å². The lowest BCUT2D eigenvalue weighted by atomic mass is 10.2. The molecule has 1 aromatic heterocycles. The third kappa shape index (κ3) is 3.30. The van der Waals surface area contributed by atoms with Gasteiger partial charge < -0.3 is 9.40 Å². The maximum Gasteiger partial charge on any atom is 0.169 e. The van der Waals surface area contributed by atoms with Crippen molar-refractivity contribution >= 4 is 11.3 Å². The molecular formula is C21H16F2N4OS. The molecule has 3 aliphatic rings. The molecule has 0 spiro atoms. The van der Waals surface area contributed by atoms with Gasteiger partial charge in [-0.15, -0.1) is 16.4 Å². The largest absolute Gasteiger partial charge is 0.408 e. The molecule has 4 heterocycles. The summed E-state index contributed by atoms with van der Waals surface area (Å²) in [5.41, 5.74) is 1.28. The van der Waals surface area contributed by atoms with Crippen molar-refractivity contribution in [1.82, 2.24) is 19.6 Å². The maximum absolute atomic E-state index is 14.1. The summed E-state index contributed by atoms with van der Waals surface area (Å²) in [5, 5.41) is 3.87. The van der Waals surface area contributed by atoms with Gasteiger partial charge in [0.1, 0.15) is 17.5 Å². The van der Waals surface area contributed by atoms with Crippen LogP contribution >= 0.6 is 11.3 Å². The first kappa shape index (κ1) is 18.0. The Hall–Kier alpha value is -3.10. The topological polar surface area (TPSA) is 43.2 Å². The van der Waals surface area contributed by atoms with Crippen LogP contribution in [0.1, 0.15) is 10.9 Å². The Labute approximate surface area is 169 Å². The molecule has 1 unspecified atom stereocenters. The van der Waals surface area contributed by atoms with Crippen LogP contribution in [-0.4, -0.2) is 26.6 Å². The molecule has 5 rings (SSSR count). The second-order valence-corrected chi connectivity index (χ2v) is 7.75. The van der Waals surface area contributed by atoms with Crippen LogP contribution in [0.2, 0.25) is 0 Å². The van der Waals surface area contributed by atoms with Crippen LogP contribution in [0, 0.1) is 11.6 Å². The van der Waals surface area contributed by atoms with E-state index in [-0.39, 0.29) is 17.4 Å². The van der Waals surface area contributed by atoms with Crippen molar-refractivity contribution in [3.8, 4) is 22.8 Å². The average Bonchev–Trinajstić information content (AvgIpc) is 3.43. The second kappa shape index (κ2) is 7.06. The smallest absolute Gasteiger partial charge is 0.169 e. The first-order valence-corrected chi connectivity index (χ1v) is 9.89. The lowest BCUT2D eigenvalue weighted by molar-refractivity contribution is -0.0977. The number of imidazole rings is 1. The van der Waals surface area contributed by atoms with Gasteiger partial charge in [-0.05, 0) is 35.7 Å². The van der Waals surface area contributed by atoms with E-state index in [2.05, 4.69) is 22.1 Å². The molecule has 8 heteroatoms. The van der Waals surface area contributed by atoms with Crippen molar-refractivity contribution in [3.05, 3.63) is 82.5 Å². The van der Waals surface area contributed by atoms with Gasteiger partial charge in [-0.2, -0.15) is 0 Å². The Morgan fingerprint density at radius 3 is 2.79 bits per heavy atom. The van der Waals surface area contributed by atoms with Crippen molar-refractivity contribution in [2.24, 2.45) is 0 Å². The van der Waals surface area contributed by atoms with E-state index in [1.807, 2.05) is 40.5 Å². The van der Waals surface area contributed by atoms with Gasteiger partial charge in [0.2, 0.25) is 0 Å². The molecule has 146 valence electrons. The predicted octanol–water partition coefficient (Wildman–Crippen LogP) is 4.89. The van der Waals surface area contributed by atoms with E-state index in [9.17, 15) is 8.78 Å². The maximum atomic E-state index is 14.1. The molecule has 0 bridgehead atoms. The van der Waals surface area contributed by atoms with Gasteiger partial charge in [-0.3, -0.25) is 0 Å². The summed E-state index contributed by atoms with van der Waals surface area (Å²) < 4.78 is 29.5. The van der Waals surface area contributed by atoms with Gasteiger partial charge in [0.05, 0.1) is 17.8 Å². The van der Waals surface area contributed by atoms with Gasteiger partial charge in [0.25, 0.3) is 0 Å². The summed E-state index contributed by atoms with van der Waals surface area (Å²) >= 11 is 1.69. The number of pyridine rings is 1. The highest BCUT2D eigenvalue weighted by Gasteiger charge is 2.26. The van der Waals surface area contributed by atoms with Gasteiger partial charge >= 0.3 is 0 Å². The Bertz CT molecular complexity index is 1170. The van der Waals surface area contributed by atoms with E-state index < -0.39 is 11.6 Å². The molecule has 29 heavy (non-hydrogen) atoms. The molecule has 0 aliphatic carbocycles. The predicted molar refractivity (Wildman–Crippen MR) is 106 cm³/mol. The number of aromatic nitrogens is 3. The molecule has 1 atom stereocenters. The van der Waals surface area contributed by atoms with Crippen LogP contribution in [0.4, 0.5) is 8.78 Å². The summed E-state index contributed by atoms with van der Waals surface area (Å²) in [6.07, 6.45) is 5.78.